The lowest BCUT2D eigenvalue weighted by Gasteiger charge is -2.42. The summed E-state index contributed by atoms with van der Waals surface area (Å²) in [6, 6.07) is 16.2. The van der Waals surface area contributed by atoms with Gasteiger partial charge in [-0.2, -0.15) is 0 Å². The Morgan fingerprint density at radius 3 is 2.47 bits per heavy atom. The summed E-state index contributed by atoms with van der Waals surface area (Å²) in [5, 5.41) is 16.9. The molecule has 1 aliphatic rings. The minimum Gasteiger partial charge on any atom is -0.485 e. The first-order valence-corrected chi connectivity index (χ1v) is 11.4. The van der Waals surface area contributed by atoms with Crippen molar-refractivity contribution < 1.29 is 24.1 Å². The van der Waals surface area contributed by atoms with E-state index in [2.05, 4.69) is 15.6 Å². The Bertz CT molecular complexity index is 1150. The summed E-state index contributed by atoms with van der Waals surface area (Å²) in [4.78, 5) is 26.0. The standard InChI is InChI=1S/C23H24N3O5P/c1-23(2)21(27)20(26-22(28)25-19-5-3-4-12-24-19)17-13-15(8-11-18(17)31-23)14-6-9-16(10-7-14)32(29)30/h3-13,20-21,27,32H,1-2H3,(H,29,30)(H2,24,25,26,28)/t20?,21-/m0/s1. The average Bonchev–Trinajstić information content (AvgIpc) is 2.77. The van der Waals surface area contributed by atoms with Crippen LogP contribution in [0.1, 0.15) is 25.5 Å². The molecular weight excluding hydrogens is 429 g/mol. The van der Waals surface area contributed by atoms with E-state index in [4.69, 9.17) is 4.74 Å². The monoisotopic (exact) mass is 453 g/mol. The van der Waals surface area contributed by atoms with E-state index in [1.54, 1.807) is 68.6 Å². The first-order chi connectivity index (χ1) is 15.2. The number of hydrogen-bond donors (Lipinski definition) is 4. The molecular formula is C23H24N3O5P. The van der Waals surface area contributed by atoms with Crippen LogP contribution in [0.2, 0.25) is 0 Å². The lowest BCUT2D eigenvalue weighted by Crippen LogP contribution is -2.54. The summed E-state index contributed by atoms with van der Waals surface area (Å²) in [5.41, 5.74) is 1.36. The van der Waals surface area contributed by atoms with Gasteiger partial charge in [-0.15, -0.1) is 0 Å². The fourth-order valence-corrected chi connectivity index (χ4v) is 4.12. The zero-order chi connectivity index (χ0) is 22.9. The molecule has 3 aromatic rings. The first kappa shape index (κ1) is 22.0. The van der Waals surface area contributed by atoms with Gasteiger partial charge in [0.1, 0.15) is 23.3 Å². The van der Waals surface area contributed by atoms with Crippen molar-refractivity contribution in [3.05, 3.63) is 72.4 Å². The van der Waals surface area contributed by atoms with Crippen LogP contribution in [0.4, 0.5) is 10.6 Å². The molecule has 0 fully saturated rings. The van der Waals surface area contributed by atoms with Crippen molar-refractivity contribution in [3.63, 3.8) is 0 Å². The zero-order valence-corrected chi connectivity index (χ0v) is 18.6. The molecule has 0 radical (unpaired) electrons. The molecule has 1 aliphatic heterocycles. The highest BCUT2D eigenvalue weighted by molar-refractivity contribution is 7.47. The van der Waals surface area contributed by atoms with E-state index in [1.165, 1.54) is 0 Å². The fraction of sp³-hybridized carbons (Fsp3) is 0.217. The average molecular weight is 453 g/mol. The third-order valence-electron chi connectivity index (χ3n) is 5.40. The SMILES string of the molecule is CC1(C)Oc2ccc(-c3ccc([PH](=O)O)cc3)cc2C(NC(=O)Nc2ccccn2)[C@@H]1O. The fourth-order valence-electron chi connectivity index (χ4n) is 3.67. The molecule has 166 valence electrons. The number of anilines is 1. The van der Waals surface area contributed by atoms with Crippen LogP contribution in [0.15, 0.2) is 66.9 Å². The van der Waals surface area contributed by atoms with Gasteiger partial charge in [0.25, 0.3) is 0 Å². The van der Waals surface area contributed by atoms with E-state index < -0.39 is 31.8 Å². The lowest BCUT2D eigenvalue weighted by atomic mass is 9.85. The second-order valence-corrected chi connectivity index (χ2v) is 9.26. The normalized spacial score (nSPS) is 19.9. The number of benzene rings is 2. The second kappa shape index (κ2) is 8.74. The molecule has 2 unspecified atom stereocenters. The summed E-state index contributed by atoms with van der Waals surface area (Å²) in [5.74, 6) is 0.951. The molecule has 9 heteroatoms. The van der Waals surface area contributed by atoms with Crippen molar-refractivity contribution in [3.8, 4) is 16.9 Å². The van der Waals surface area contributed by atoms with Gasteiger partial charge in [0.05, 0.1) is 6.04 Å². The molecule has 0 saturated carbocycles. The summed E-state index contributed by atoms with van der Waals surface area (Å²) >= 11 is 0. The van der Waals surface area contributed by atoms with Gasteiger partial charge in [0, 0.05) is 17.1 Å². The molecule has 2 heterocycles. The number of rotatable bonds is 4. The van der Waals surface area contributed by atoms with Crippen LogP contribution < -0.4 is 20.7 Å². The predicted octanol–water partition coefficient (Wildman–Crippen LogP) is 3.24. The lowest BCUT2D eigenvalue weighted by molar-refractivity contribution is -0.0618. The molecule has 0 bridgehead atoms. The Labute approximate surface area is 186 Å². The highest BCUT2D eigenvalue weighted by Crippen LogP contribution is 2.41. The number of fused-ring (bicyclic) bond motifs is 1. The van der Waals surface area contributed by atoms with Crippen LogP contribution in [-0.2, 0) is 4.57 Å². The van der Waals surface area contributed by atoms with Crippen molar-refractivity contribution in [1.82, 2.24) is 10.3 Å². The Kier molecular flexibility index (Phi) is 6.02. The van der Waals surface area contributed by atoms with Gasteiger partial charge in [0.2, 0.25) is 8.03 Å². The largest absolute Gasteiger partial charge is 0.485 e. The van der Waals surface area contributed by atoms with Gasteiger partial charge in [-0.05, 0) is 61.4 Å². The molecule has 8 nitrogen and oxygen atoms in total. The van der Waals surface area contributed by atoms with Crippen molar-refractivity contribution in [2.75, 3.05) is 5.32 Å². The number of aliphatic hydroxyl groups is 1. The van der Waals surface area contributed by atoms with Gasteiger partial charge < -0.3 is 20.1 Å². The molecule has 1 aromatic heterocycles. The molecule has 32 heavy (non-hydrogen) atoms. The van der Waals surface area contributed by atoms with E-state index >= 15 is 0 Å². The summed E-state index contributed by atoms with van der Waals surface area (Å²) in [6.45, 7) is 3.52. The van der Waals surface area contributed by atoms with Crippen molar-refractivity contribution in [1.29, 1.82) is 0 Å². The van der Waals surface area contributed by atoms with Gasteiger partial charge in [-0.3, -0.25) is 9.88 Å². The highest BCUT2D eigenvalue weighted by Gasteiger charge is 2.43. The van der Waals surface area contributed by atoms with Crippen LogP contribution in [0.5, 0.6) is 5.75 Å². The molecule has 3 atom stereocenters. The van der Waals surface area contributed by atoms with Gasteiger partial charge in [-0.25, -0.2) is 9.78 Å². The maximum Gasteiger partial charge on any atom is 0.320 e. The number of hydrogen-bond acceptors (Lipinski definition) is 5. The van der Waals surface area contributed by atoms with Crippen molar-refractivity contribution in [2.24, 2.45) is 0 Å². The number of ether oxygens (including phenoxy) is 1. The van der Waals surface area contributed by atoms with Gasteiger partial charge in [-0.1, -0.05) is 24.3 Å². The smallest absolute Gasteiger partial charge is 0.320 e. The van der Waals surface area contributed by atoms with Crippen molar-refractivity contribution >= 4 is 25.2 Å². The Balaban J connectivity index is 1.65. The first-order valence-electron chi connectivity index (χ1n) is 10.1. The maximum absolute atomic E-state index is 12.6. The molecule has 4 N–H and O–H groups in total. The van der Waals surface area contributed by atoms with E-state index in [-0.39, 0.29) is 0 Å². The second-order valence-electron chi connectivity index (χ2n) is 8.08. The number of amides is 2. The van der Waals surface area contributed by atoms with E-state index in [0.717, 1.165) is 11.1 Å². The number of nitrogens with one attached hydrogen (secondary N) is 2. The number of nitrogens with zero attached hydrogens (tertiary/aromatic N) is 1. The molecule has 2 aromatic carbocycles. The minimum absolute atomic E-state index is 0.378. The Morgan fingerprint density at radius 2 is 1.81 bits per heavy atom. The maximum atomic E-state index is 12.6. The number of urea groups is 1. The van der Waals surface area contributed by atoms with E-state index in [1.807, 2.05) is 12.1 Å². The number of pyridine rings is 1. The Hall–Kier alpha value is -3.19. The highest BCUT2D eigenvalue weighted by atomic mass is 31.1. The summed E-state index contributed by atoms with van der Waals surface area (Å²) < 4.78 is 17.3. The minimum atomic E-state index is -2.75. The third-order valence-corrected chi connectivity index (χ3v) is 6.23. The van der Waals surface area contributed by atoms with Gasteiger partial charge >= 0.3 is 6.03 Å². The van der Waals surface area contributed by atoms with Crippen LogP contribution in [0.3, 0.4) is 0 Å². The summed E-state index contributed by atoms with van der Waals surface area (Å²) in [7, 11) is -2.75. The molecule has 2 amide bonds. The van der Waals surface area contributed by atoms with E-state index in [9.17, 15) is 19.4 Å². The van der Waals surface area contributed by atoms with Crippen LogP contribution in [0, 0.1) is 0 Å². The zero-order valence-electron chi connectivity index (χ0n) is 17.6. The molecule has 0 spiro atoms. The number of aliphatic hydroxyl groups excluding tert-OH is 1. The quantitative estimate of drug-likeness (QED) is 0.450. The van der Waals surface area contributed by atoms with Crippen molar-refractivity contribution in [2.45, 2.75) is 31.6 Å². The summed E-state index contributed by atoms with van der Waals surface area (Å²) in [6.07, 6.45) is 0.560. The van der Waals surface area contributed by atoms with Gasteiger partial charge in [0.15, 0.2) is 0 Å². The van der Waals surface area contributed by atoms with Crippen LogP contribution in [-0.4, -0.2) is 32.7 Å². The van der Waals surface area contributed by atoms with Crippen LogP contribution in [0.25, 0.3) is 11.1 Å². The predicted molar refractivity (Wildman–Crippen MR) is 123 cm³/mol. The number of aromatic nitrogens is 1. The number of carbonyl (C=O) groups is 1. The molecule has 4 rings (SSSR count). The van der Waals surface area contributed by atoms with E-state index in [0.29, 0.717) is 22.4 Å². The molecule has 0 saturated heterocycles. The van der Waals surface area contributed by atoms with Crippen LogP contribution >= 0.6 is 8.03 Å². The third kappa shape index (κ3) is 4.53. The number of carbonyl (C=O) groups excluding carboxylic acids is 1. The topological polar surface area (TPSA) is 121 Å². The Morgan fingerprint density at radius 1 is 1.09 bits per heavy atom. The molecule has 0 aliphatic carbocycles.